The minimum absolute atomic E-state index is 0.222. The third-order valence-corrected chi connectivity index (χ3v) is 2.94. The standard InChI is InChI=1S/C17H16N2O/c1-2-8-15(18)17(20)19-16-12-7-6-11-14(16)13-9-4-3-5-10-13/h1,3-7,9-12,15H,8,18H2,(H,19,20). The highest BCUT2D eigenvalue weighted by Crippen LogP contribution is 2.27. The Bertz CT molecular complexity index is 629. The van der Waals surface area contributed by atoms with Crippen LogP contribution in [0.1, 0.15) is 6.42 Å². The minimum Gasteiger partial charge on any atom is -0.324 e. The van der Waals surface area contributed by atoms with Crippen LogP contribution in [0, 0.1) is 12.3 Å². The first-order valence-corrected chi connectivity index (χ1v) is 6.36. The van der Waals surface area contributed by atoms with Gasteiger partial charge in [0, 0.05) is 17.7 Å². The zero-order chi connectivity index (χ0) is 14.4. The van der Waals surface area contributed by atoms with E-state index in [0.29, 0.717) is 0 Å². The van der Waals surface area contributed by atoms with Crippen molar-refractivity contribution >= 4 is 11.6 Å². The van der Waals surface area contributed by atoms with Crippen molar-refractivity contribution in [3.05, 3.63) is 54.6 Å². The van der Waals surface area contributed by atoms with Crippen LogP contribution in [0.25, 0.3) is 11.1 Å². The van der Waals surface area contributed by atoms with Gasteiger partial charge in [-0.3, -0.25) is 4.79 Å². The summed E-state index contributed by atoms with van der Waals surface area (Å²) in [6.07, 6.45) is 5.39. The lowest BCUT2D eigenvalue weighted by molar-refractivity contribution is -0.117. The molecule has 2 aromatic carbocycles. The van der Waals surface area contributed by atoms with Crippen molar-refractivity contribution in [2.75, 3.05) is 5.32 Å². The lowest BCUT2D eigenvalue weighted by Gasteiger charge is -2.13. The van der Waals surface area contributed by atoms with Crippen LogP contribution in [0.2, 0.25) is 0 Å². The molecule has 2 rings (SSSR count). The summed E-state index contributed by atoms with van der Waals surface area (Å²) in [5.41, 5.74) is 8.43. The van der Waals surface area contributed by atoms with Crippen molar-refractivity contribution in [3.8, 4) is 23.5 Å². The quantitative estimate of drug-likeness (QED) is 0.834. The number of rotatable bonds is 4. The Morgan fingerprint density at radius 3 is 2.50 bits per heavy atom. The molecule has 1 amide bonds. The molecule has 100 valence electrons. The molecular weight excluding hydrogens is 248 g/mol. The number of anilines is 1. The molecule has 3 nitrogen and oxygen atoms in total. The van der Waals surface area contributed by atoms with Crippen LogP contribution in [0.4, 0.5) is 5.69 Å². The molecule has 0 aromatic heterocycles. The summed E-state index contributed by atoms with van der Waals surface area (Å²) < 4.78 is 0. The van der Waals surface area contributed by atoms with Crippen LogP contribution in [0.5, 0.6) is 0 Å². The van der Waals surface area contributed by atoms with Crippen molar-refractivity contribution in [1.29, 1.82) is 0 Å². The molecule has 2 aromatic rings. The number of nitrogens with two attached hydrogens (primary N) is 1. The predicted octanol–water partition coefficient (Wildman–Crippen LogP) is 2.64. The Labute approximate surface area is 118 Å². The highest BCUT2D eigenvalue weighted by atomic mass is 16.2. The van der Waals surface area contributed by atoms with Crippen LogP contribution in [-0.2, 0) is 4.79 Å². The number of para-hydroxylation sites is 1. The monoisotopic (exact) mass is 264 g/mol. The summed E-state index contributed by atoms with van der Waals surface area (Å²) in [5, 5.41) is 2.83. The maximum atomic E-state index is 12.0. The largest absolute Gasteiger partial charge is 0.324 e. The van der Waals surface area contributed by atoms with Crippen molar-refractivity contribution < 1.29 is 4.79 Å². The molecule has 20 heavy (non-hydrogen) atoms. The van der Waals surface area contributed by atoms with Crippen molar-refractivity contribution in [3.63, 3.8) is 0 Å². The summed E-state index contributed by atoms with van der Waals surface area (Å²) in [4.78, 5) is 12.0. The molecule has 0 spiro atoms. The average Bonchev–Trinajstić information content (AvgIpc) is 2.49. The topological polar surface area (TPSA) is 55.1 Å². The van der Waals surface area contributed by atoms with E-state index in [4.69, 9.17) is 12.2 Å². The van der Waals surface area contributed by atoms with Crippen LogP contribution in [0.3, 0.4) is 0 Å². The fourth-order valence-corrected chi connectivity index (χ4v) is 1.91. The summed E-state index contributed by atoms with van der Waals surface area (Å²) in [7, 11) is 0. The first-order chi connectivity index (χ1) is 9.72. The molecule has 0 saturated carbocycles. The van der Waals surface area contributed by atoms with Gasteiger partial charge in [0.1, 0.15) is 0 Å². The van der Waals surface area contributed by atoms with Crippen LogP contribution >= 0.6 is 0 Å². The fraction of sp³-hybridized carbons (Fsp3) is 0.118. The molecule has 0 fully saturated rings. The molecule has 0 heterocycles. The lowest BCUT2D eigenvalue weighted by atomic mass is 10.0. The van der Waals surface area contributed by atoms with E-state index in [1.165, 1.54) is 0 Å². The maximum Gasteiger partial charge on any atom is 0.242 e. The van der Waals surface area contributed by atoms with Gasteiger partial charge in [-0.25, -0.2) is 0 Å². The number of hydrogen-bond donors (Lipinski definition) is 2. The molecule has 0 radical (unpaired) electrons. The molecule has 1 unspecified atom stereocenters. The molecule has 3 N–H and O–H groups in total. The Kier molecular flexibility index (Phi) is 4.54. The van der Waals surface area contributed by atoms with Crippen molar-refractivity contribution in [2.45, 2.75) is 12.5 Å². The number of nitrogens with one attached hydrogen (secondary N) is 1. The molecule has 0 bridgehead atoms. The maximum absolute atomic E-state index is 12.0. The van der Waals surface area contributed by atoms with Crippen molar-refractivity contribution in [2.24, 2.45) is 5.73 Å². The molecule has 3 heteroatoms. The number of benzene rings is 2. The summed E-state index contributed by atoms with van der Waals surface area (Å²) in [6, 6.07) is 16.8. The molecule has 1 atom stereocenters. The first kappa shape index (κ1) is 13.9. The lowest BCUT2D eigenvalue weighted by Crippen LogP contribution is -2.35. The number of hydrogen-bond acceptors (Lipinski definition) is 2. The van der Waals surface area contributed by atoms with Gasteiger partial charge < -0.3 is 11.1 Å². The van der Waals surface area contributed by atoms with Gasteiger partial charge in [0.05, 0.1) is 6.04 Å². The highest BCUT2D eigenvalue weighted by Gasteiger charge is 2.14. The zero-order valence-electron chi connectivity index (χ0n) is 11.0. The average molecular weight is 264 g/mol. The van der Waals surface area contributed by atoms with Crippen LogP contribution in [0.15, 0.2) is 54.6 Å². The fourth-order valence-electron chi connectivity index (χ4n) is 1.91. The van der Waals surface area contributed by atoms with E-state index in [2.05, 4.69) is 11.2 Å². The van der Waals surface area contributed by atoms with E-state index in [9.17, 15) is 4.79 Å². The van der Waals surface area contributed by atoms with Crippen LogP contribution in [-0.4, -0.2) is 11.9 Å². The van der Waals surface area contributed by atoms with Gasteiger partial charge in [0.15, 0.2) is 0 Å². The van der Waals surface area contributed by atoms with Gasteiger partial charge in [-0.1, -0.05) is 48.5 Å². The molecule has 0 saturated heterocycles. The Morgan fingerprint density at radius 1 is 1.15 bits per heavy atom. The summed E-state index contributed by atoms with van der Waals surface area (Å²) >= 11 is 0. The molecule has 0 aliphatic rings. The number of carbonyl (C=O) groups excluding carboxylic acids is 1. The van der Waals surface area contributed by atoms with Gasteiger partial charge in [0.25, 0.3) is 0 Å². The summed E-state index contributed by atoms with van der Waals surface area (Å²) in [6.45, 7) is 0. The van der Waals surface area contributed by atoms with Crippen molar-refractivity contribution in [1.82, 2.24) is 0 Å². The van der Waals surface area contributed by atoms with E-state index >= 15 is 0 Å². The Balaban J connectivity index is 2.26. The van der Waals surface area contributed by atoms with Crippen LogP contribution < -0.4 is 11.1 Å². The second-order valence-corrected chi connectivity index (χ2v) is 4.42. The Morgan fingerprint density at radius 2 is 1.80 bits per heavy atom. The van der Waals surface area contributed by atoms with Gasteiger partial charge in [0.2, 0.25) is 5.91 Å². The van der Waals surface area contributed by atoms with Gasteiger partial charge in [-0.05, 0) is 11.6 Å². The third kappa shape index (κ3) is 3.25. The second-order valence-electron chi connectivity index (χ2n) is 4.42. The normalized spacial score (nSPS) is 11.4. The molecule has 0 aliphatic heterocycles. The second kappa shape index (κ2) is 6.55. The predicted molar refractivity (Wildman–Crippen MR) is 81.9 cm³/mol. The van der Waals surface area contributed by atoms with E-state index in [0.717, 1.165) is 16.8 Å². The third-order valence-electron chi connectivity index (χ3n) is 2.94. The van der Waals surface area contributed by atoms with E-state index < -0.39 is 6.04 Å². The van der Waals surface area contributed by atoms with E-state index in [1.807, 2.05) is 54.6 Å². The minimum atomic E-state index is -0.691. The number of amides is 1. The first-order valence-electron chi connectivity index (χ1n) is 6.36. The Hall–Kier alpha value is -2.57. The van der Waals surface area contributed by atoms with E-state index in [-0.39, 0.29) is 12.3 Å². The van der Waals surface area contributed by atoms with Gasteiger partial charge >= 0.3 is 0 Å². The van der Waals surface area contributed by atoms with E-state index in [1.54, 1.807) is 0 Å². The van der Waals surface area contributed by atoms with Gasteiger partial charge in [-0.15, -0.1) is 12.3 Å². The smallest absolute Gasteiger partial charge is 0.242 e. The number of carbonyl (C=O) groups is 1. The molecular formula is C17H16N2O. The SMILES string of the molecule is C#CCC(N)C(=O)Nc1ccccc1-c1ccccc1. The van der Waals surface area contributed by atoms with Gasteiger partial charge in [-0.2, -0.15) is 0 Å². The molecule has 0 aliphatic carbocycles. The number of terminal acetylenes is 1. The zero-order valence-corrected chi connectivity index (χ0v) is 11.0. The highest BCUT2D eigenvalue weighted by molar-refractivity contribution is 5.98. The summed E-state index contributed by atoms with van der Waals surface area (Å²) in [5.74, 6) is 2.12.